The third-order valence-corrected chi connectivity index (χ3v) is 5.27. The summed E-state index contributed by atoms with van der Waals surface area (Å²) < 4.78 is 0. The summed E-state index contributed by atoms with van der Waals surface area (Å²) in [5.74, 6) is -3.80. The van der Waals surface area contributed by atoms with Crippen molar-refractivity contribution in [3.63, 3.8) is 0 Å². The van der Waals surface area contributed by atoms with Gasteiger partial charge in [-0.3, -0.25) is 9.59 Å². The number of hydrogen-bond acceptors (Lipinski definition) is 4. The summed E-state index contributed by atoms with van der Waals surface area (Å²) in [7, 11) is 0. The van der Waals surface area contributed by atoms with Gasteiger partial charge in [-0.15, -0.1) is 0 Å². The number of aliphatic carboxylic acids is 1. The van der Waals surface area contributed by atoms with E-state index in [0.717, 1.165) is 18.4 Å². The van der Waals surface area contributed by atoms with E-state index >= 15 is 0 Å². The molecular formula is C22H24N2O5. The van der Waals surface area contributed by atoms with Gasteiger partial charge in [0.2, 0.25) is 5.91 Å². The number of aromatic carboxylic acids is 1. The average molecular weight is 396 g/mol. The normalized spacial score (nSPS) is 18.6. The van der Waals surface area contributed by atoms with Crippen molar-refractivity contribution >= 4 is 29.2 Å². The van der Waals surface area contributed by atoms with Gasteiger partial charge in [0.1, 0.15) is 0 Å². The molecule has 29 heavy (non-hydrogen) atoms. The van der Waals surface area contributed by atoms with Gasteiger partial charge in [0.25, 0.3) is 0 Å². The quantitative estimate of drug-likeness (QED) is 0.565. The molecule has 7 heteroatoms. The molecule has 2 atom stereocenters. The zero-order chi connectivity index (χ0) is 20.8. The van der Waals surface area contributed by atoms with Crippen LogP contribution in [0.15, 0.2) is 48.5 Å². The predicted octanol–water partition coefficient (Wildman–Crippen LogP) is 3.83. The fourth-order valence-corrected chi connectivity index (χ4v) is 3.69. The van der Waals surface area contributed by atoms with E-state index < -0.39 is 23.8 Å². The first kappa shape index (κ1) is 20.4. The number of hydrogen-bond donors (Lipinski definition) is 4. The maximum Gasteiger partial charge on any atom is 0.335 e. The Kier molecular flexibility index (Phi) is 6.49. The van der Waals surface area contributed by atoms with Crippen LogP contribution in [0.4, 0.5) is 11.4 Å². The van der Waals surface area contributed by atoms with Crippen molar-refractivity contribution in [3.05, 3.63) is 59.7 Å². The first-order valence-electron chi connectivity index (χ1n) is 9.64. The molecule has 1 amide bonds. The predicted molar refractivity (Wildman–Crippen MR) is 109 cm³/mol. The van der Waals surface area contributed by atoms with Crippen molar-refractivity contribution in [1.29, 1.82) is 0 Å². The summed E-state index contributed by atoms with van der Waals surface area (Å²) >= 11 is 0. The number of rotatable bonds is 7. The van der Waals surface area contributed by atoms with Gasteiger partial charge in [-0.2, -0.15) is 0 Å². The van der Waals surface area contributed by atoms with Crippen LogP contribution in [-0.4, -0.2) is 28.1 Å². The lowest BCUT2D eigenvalue weighted by molar-refractivity contribution is -0.147. The Bertz CT molecular complexity index is 897. The fourth-order valence-electron chi connectivity index (χ4n) is 3.69. The largest absolute Gasteiger partial charge is 0.481 e. The summed E-state index contributed by atoms with van der Waals surface area (Å²) in [4.78, 5) is 35.7. The highest BCUT2D eigenvalue weighted by molar-refractivity contribution is 5.99. The van der Waals surface area contributed by atoms with Crippen molar-refractivity contribution < 1.29 is 24.6 Å². The molecule has 0 radical (unpaired) electrons. The molecule has 4 N–H and O–H groups in total. The molecule has 0 bridgehead atoms. The van der Waals surface area contributed by atoms with Crippen molar-refractivity contribution in [2.75, 3.05) is 10.6 Å². The molecule has 0 saturated heterocycles. The third kappa shape index (κ3) is 5.13. The summed E-state index contributed by atoms with van der Waals surface area (Å²) in [5.41, 5.74) is 1.99. The Morgan fingerprint density at radius 3 is 2.24 bits per heavy atom. The molecule has 0 aliphatic heterocycles. The molecule has 1 fully saturated rings. The first-order valence-corrected chi connectivity index (χ1v) is 9.64. The Hall–Kier alpha value is -3.35. The minimum atomic E-state index is -1.10. The van der Waals surface area contributed by atoms with Crippen LogP contribution in [0.25, 0.3) is 0 Å². The number of anilines is 2. The minimum Gasteiger partial charge on any atom is -0.481 e. The number of carbonyl (C=O) groups is 3. The van der Waals surface area contributed by atoms with Gasteiger partial charge >= 0.3 is 11.9 Å². The fraction of sp³-hybridized carbons (Fsp3) is 0.318. The van der Waals surface area contributed by atoms with Crippen LogP contribution in [0.3, 0.4) is 0 Å². The van der Waals surface area contributed by atoms with Crippen LogP contribution in [0, 0.1) is 11.8 Å². The molecule has 2 aromatic rings. The van der Waals surface area contributed by atoms with E-state index in [0.29, 0.717) is 30.8 Å². The molecule has 1 aliphatic carbocycles. The Morgan fingerprint density at radius 2 is 1.59 bits per heavy atom. The topological polar surface area (TPSA) is 116 Å². The van der Waals surface area contributed by atoms with E-state index in [2.05, 4.69) is 10.6 Å². The van der Waals surface area contributed by atoms with E-state index in [1.54, 1.807) is 6.07 Å². The van der Waals surface area contributed by atoms with Crippen molar-refractivity contribution in [2.24, 2.45) is 11.8 Å². The number of carboxylic acid groups (broad SMARTS) is 2. The van der Waals surface area contributed by atoms with Crippen LogP contribution in [-0.2, 0) is 16.1 Å². The molecule has 1 saturated carbocycles. The number of amides is 1. The lowest BCUT2D eigenvalue weighted by Crippen LogP contribution is -2.36. The Labute approximate surface area is 168 Å². The van der Waals surface area contributed by atoms with Gasteiger partial charge < -0.3 is 20.8 Å². The first-order chi connectivity index (χ1) is 14.0. The van der Waals surface area contributed by atoms with Gasteiger partial charge in [0.15, 0.2) is 0 Å². The second-order valence-electron chi connectivity index (χ2n) is 7.23. The van der Waals surface area contributed by atoms with Crippen molar-refractivity contribution in [1.82, 2.24) is 0 Å². The standard InChI is InChI=1S/C22H24N2O5/c25-20(16-8-4-5-9-17(16)22(28)29)24-19-12-15(21(26)27)10-11-18(19)23-13-14-6-2-1-3-7-14/h1-3,6-7,10-12,16-17,23H,4-5,8-9,13H2,(H,24,25)(H,26,27)(H,28,29)/t16-,17-/m1/s1. The zero-order valence-corrected chi connectivity index (χ0v) is 15.9. The molecular weight excluding hydrogens is 372 g/mol. The molecule has 0 spiro atoms. The van der Waals surface area contributed by atoms with Gasteiger partial charge in [-0.05, 0) is 36.6 Å². The van der Waals surface area contributed by atoms with E-state index in [-0.39, 0.29) is 11.5 Å². The summed E-state index contributed by atoms with van der Waals surface area (Å²) in [5, 5.41) is 24.7. The maximum absolute atomic E-state index is 12.8. The van der Waals surface area contributed by atoms with Gasteiger partial charge in [0.05, 0.1) is 28.8 Å². The van der Waals surface area contributed by atoms with Crippen LogP contribution in [0.5, 0.6) is 0 Å². The van der Waals surface area contributed by atoms with Gasteiger partial charge in [-0.25, -0.2) is 4.79 Å². The molecule has 152 valence electrons. The van der Waals surface area contributed by atoms with E-state index in [1.807, 2.05) is 30.3 Å². The lowest BCUT2D eigenvalue weighted by atomic mass is 9.78. The molecule has 7 nitrogen and oxygen atoms in total. The molecule has 1 aliphatic rings. The summed E-state index contributed by atoms with van der Waals surface area (Å²) in [6.07, 6.45) is 2.57. The van der Waals surface area contributed by atoms with E-state index in [1.165, 1.54) is 12.1 Å². The van der Waals surface area contributed by atoms with Crippen LogP contribution < -0.4 is 10.6 Å². The third-order valence-electron chi connectivity index (χ3n) is 5.27. The van der Waals surface area contributed by atoms with E-state index in [4.69, 9.17) is 0 Å². The molecule has 0 heterocycles. The molecule has 3 rings (SSSR count). The Balaban J connectivity index is 1.81. The number of nitrogens with one attached hydrogen (secondary N) is 2. The second-order valence-corrected chi connectivity index (χ2v) is 7.23. The van der Waals surface area contributed by atoms with E-state index in [9.17, 15) is 24.6 Å². The van der Waals surface area contributed by atoms with Crippen LogP contribution >= 0.6 is 0 Å². The smallest absolute Gasteiger partial charge is 0.335 e. The number of carboxylic acids is 2. The average Bonchev–Trinajstić information content (AvgIpc) is 2.73. The highest BCUT2D eigenvalue weighted by Crippen LogP contribution is 2.32. The zero-order valence-electron chi connectivity index (χ0n) is 15.9. The SMILES string of the molecule is O=C(O)c1ccc(NCc2ccccc2)c(NC(=O)[C@@H]2CCCC[C@H]2C(=O)O)c1. The number of carbonyl (C=O) groups excluding carboxylic acids is 1. The summed E-state index contributed by atoms with van der Waals surface area (Å²) in [6.45, 7) is 0.497. The van der Waals surface area contributed by atoms with Crippen LogP contribution in [0.1, 0.15) is 41.6 Å². The summed E-state index contributed by atoms with van der Waals surface area (Å²) in [6, 6.07) is 14.1. The molecule has 0 aromatic heterocycles. The Morgan fingerprint density at radius 1 is 0.897 bits per heavy atom. The molecule has 0 unspecified atom stereocenters. The highest BCUT2D eigenvalue weighted by atomic mass is 16.4. The maximum atomic E-state index is 12.8. The van der Waals surface area contributed by atoms with Crippen molar-refractivity contribution in [2.45, 2.75) is 32.2 Å². The monoisotopic (exact) mass is 396 g/mol. The van der Waals surface area contributed by atoms with Gasteiger partial charge in [0, 0.05) is 6.54 Å². The van der Waals surface area contributed by atoms with Crippen molar-refractivity contribution in [3.8, 4) is 0 Å². The van der Waals surface area contributed by atoms with Crippen LogP contribution in [0.2, 0.25) is 0 Å². The minimum absolute atomic E-state index is 0.0454. The lowest BCUT2D eigenvalue weighted by Gasteiger charge is -2.27. The van der Waals surface area contributed by atoms with Gasteiger partial charge in [-0.1, -0.05) is 43.2 Å². The number of benzene rings is 2. The molecule has 2 aromatic carbocycles. The highest BCUT2D eigenvalue weighted by Gasteiger charge is 2.36. The second kappa shape index (κ2) is 9.23.